The summed E-state index contributed by atoms with van der Waals surface area (Å²) in [5.41, 5.74) is 1.22. The van der Waals surface area contributed by atoms with E-state index in [-0.39, 0.29) is 34.6 Å². The van der Waals surface area contributed by atoms with Crippen LogP contribution in [0.4, 0.5) is 20.3 Å². The van der Waals surface area contributed by atoms with E-state index in [0.717, 1.165) is 6.07 Å². The molecular weight excluding hydrogens is 435 g/mol. The first-order valence-corrected chi connectivity index (χ1v) is 9.49. The Balaban J connectivity index is 1.62. The Morgan fingerprint density at radius 1 is 0.800 bits per heavy atom. The van der Waals surface area contributed by atoms with Gasteiger partial charge in [-0.05, 0) is 47.5 Å². The zero-order valence-corrected chi connectivity index (χ0v) is 16.9. The van der Waals surface area contributed by atoms with Crippen molar-refractivity contribution in [1.82, 2.24) is 4.98 Å². The Labute approximate surface area is 181 Å². The van der Waals surface area contributed by atoms with E-state index in [2.05, 4.69) is 15.6 Å². The van der Waals surface area contributed by atoms with Gasteiger partial charge < -0.3 is 10.6 Å². The van der Waals surface area contributed by atoms with E-state index in [9.17, 15) is 18.4 Å². The number of aromatic nitrogens is 1. The average molecular weight is 450 g/mol. The van der Waals surface area contributed by atoms with E-state index in [1.807, 2.05) is 0 Å². The van der Waals surface area contributed by atoms with Crippen LogP contribution in [-0.2, 0) is 22.4 Å². The molecule has 0 saturated carbocycles. The molecule has 0 atom stereocenters. The number of nitrogens with zero attached hydrogens (tertiary/aromatic N) is 1. The van der Waals surface area contributed by atoms with Crippen LogP contribution < -0.4 is 10.6 Å². The number of pyridine rings is 1. The largest absolute Gasteiger partial charge is 0.326 e. The number of nitrogens with one attached hydrogen (secondary N) is 2. The summed E-state index contributed by atoms with van der Waals surface area (Å²) in [4.78, 5) is 28.5. The molecule has 0 radical (unpaired) electrons. The number of hydrogen-bond acceptors (Lipinski definition) is 3. The van der Waals surface area contributed by atoms with Gasteiger partial charge in [-0.2, -0.15) is 0 Å². The van der Waals surface area contributed by atoms with Crippen molar-refractivity contribution in [3.63, 3.8) is 0 Å². The lowest BCUT2D eigenvalue weighted by Gasteiger charge is -2.09. The van der Waals surface area contributed by atoms with Crippen molar-refractivity contribution in [1.29, 1.82) is 0 Å². The Hall–Kier alpha value is -3.03. The minimum Gasteiger partial charge on any atom is -0.326 e. The van der Waals surface area contributed by atoms with Crippen LogP contribution in [0.5, 0.6) is 0 Å². The smallest absolute Gasteiger partial charge is 0.230 e. The molecule has 3 aromatic rings. The zero-order valence-electron chi connectivity index (χ0n) is 15.4. The number of carbonyl (C=O) groups is 2. The van der Waals surface area contributed by atoms with Crippen molar-refractivity contribution >= 4 is 46.5 Å². The van der Waals surface area contributed by atoms with Gasteiger partial charge in [-0.15, -0.1) is 0 Å². The minimum atomic E-state index is -0.494. The van der Waals surface area contributed by atoms with Gasteiger partial charge in [0.05, 0.1) is 12.8 Å². The van der Waals surface area contributed by atoms with Gasteiger partial charge in [0, 0.05) is 28.0 Å². The third-order valence-electron chi connectivity index (χ3n) is 4.04. The monoisotopic (exact) mass is 449 g/mol. The van der Waals surface area contributed by atoms with Crippen molar-refractivity contribution in [2.45, 2.75) is 12.8 Å². The van der Waals surface area contributed by atoms with Crippen molar-refractivity contribution in [2.24, 2.45) is 0 Å². The normalized spacial score (nSPS) is 10.5. The molecule has 0 aliphatic heterocycles. The summed E-state index contributed by atoms with van der Waals surface area (Å²) in [5.74, 6) is -1.61. The van der Waals surface area contributed by atoms with Gasteiger partial charge in [-0.3, -0.25) is 9.59 Å². The number of benzene rings is 2. The first kappa shape index (κ1) is 21.7. The number of anilines is 2. The Morgan fingerprint density at radius 3 is 2.23 bits per heavy atom. The van der Waals surface area contributed by atoms with Crippen LogP contribution in [-0.4, -0.2) is 16.8 Å². The fraction of sp³-hybridized carbons (Fsp3) is 0.0952. The summed E-state index contributed by atoms with van der Waals surface area (Å²) in [7, 11) is 0. The third-order valence-corrected chi connectivity index (χ3v) is 4.76. The summed E-state index contributed by atoms with van der Waals surface area (Å²) in [6, 6.07) is 10.6. The lowest BCUT2D eigenvalue weighted by molar-refractivity contribution is -0.116. The number of hydrogen-bond donors (Lipinski definition) is 2. The van der Waals surface area contributed by atoms with Crippen LogP contribution in [0.25, 0.3) is 0 Å². The third kappa shape index (κ3) is 5.98. The highest BCUT2D eigenvalue weighted by Crippen LogP contribution is 2.20. The topological polar surface area (TPSA) is 71.1 Å². The first-order valence-electron chi connectivity index (χ1n) is 8.74. The van der Waals surface area contributed by atoms with Crippen LogP contribution >= 0.6 is 23.2 Å². The van der Waals surface area contributed by atoms with E-state index < -0.39 is 17.5 Å². The molecule has 2 amide bonds. The molecule has 2 aromatic carbocycles. The van der Waals surface area contributed by atoms with Crippen LogP contribution in [0.3, 0.4) is 0 Å². The molecule has 9 heteroatoms. The van der Waals surface area contributed by atoms with Crippen molar-refractivity contribution in [2.75, 3.05) is 10.6 Å². The minimum absolute atomic E-state index is 0.0544. The highest BCUT2D eigenvalue weighted by Gasteiger charge is 2.12. The molecule has 0 saturated heterocycles. The van der Waals surface area contributed by atoms with Gasteiger partial charge in [0.2, 0.25) is 11.8 Å². The fourth-order valence-corrected chi connectivity index (χ4v) is 3.08. The molecular formula is C21H15Cl2F2N3O2. The summed E-state index contributed by atoms with van der Waals surface area (Å²) in [6.45, 7) is 0. The predicted molar refractivity (Wildman–Crippen MR) is 112 cm³/mol. The lowest BCUT2D eigenvalue weighted by Crippen LogP contribution is -2.17. The molecule has 1 aromatic heterocycles. The number of amides is 2. The van der Waals surface area contributed by atoms with E-state index in [4.69, 9.17) is 23.2 Å². The maximum Gasteiger partial charge on any atom is 0.230 e. The van der Waals surface area contributed by atoms with Crippen LogP contribution in [0, 0.1) is 11.6 Å². The SMILES string of the molecule is O=C(Cc1ccc(F)cc1Cl)Nc1ccnc(NC(=O)Cc2cc(F)ccc2Cl)c1. The summed E-state index contributed by atoms with van der Waals surface area (Å²) < 4.78 is 26.4. The Morgan fingerprint density at radius 2 is 1.47 bits per heavy atom. The Bertz CT molecular complexity index is 1110. The molecule has 2 N–H and O–H groups in total. The quantitative estimate of drug-likeness (QED) is 0.554. The van der Waals surface area contributed by atoms with E-state index >= 15 is 0 Å². The zero-order chi connectivity index (χ0) is 21.7. The van der Waals surface area contributed by atoms with Crippen LogP contribution in [0.1, 0.15) is 11.1 Å². The van der Waals surface area contributed by atoms with Gasteiger partial charge in [-0.25, -0.2) is 13.8 Å². The van der Waals surface area contributed by atoms with E-state index in [0.29, 0.717) is 16.8 Å². The molecule has 0 bridgehead atoms. The molecule has 0 aliphatic rings. The molecule has 5 nitrogen and oxygen atoms in total. The van der Waals surface area contributed by atoms with Gasteiger partial charge in [-0.1, -0.05) is 29.3 Å². The van der Waals surface area contributed by atoms with Crippen molar-refractivity contribution < 1.29 is 18.4 Å². The molecule has 1 heterocycles. The average Bonchev–Trinajstić information content (AvgIpc) is 2.67. The molecule has 0 unspecified atom stereocenters. The van der Waals surface area contributed by atoms with Gasteiger partial charge in [0.15, 0.2) is 0 Å². The summed E-state index contributed by atoms with van der Waals surface area (Å²) >= 11 is 11.9. The number of halogens is 4. The standard InChI is InChI=1S/C21H15Cl2F2N3O2/c22-17-4-3-14(24)7-13(17)9-21(30)28-19-11-16(5-6-26-19)27-20(29)8-12-1-2-15(25)10-18(12)23/h1-7,10-11H,8-9H2,(H2,26,27,28,29,30). The van der Waals surface area contributed by atoms with Crippen LogP contribution in [0.15, 0.2) is 54.7 Å². The molecule has 154 valence electrons. The second-order valence-corrected chi connectivity index (χ2v) is 7.17. The molecule has 30 heavy (non-hydrogen) atoms. The molecule has 0 fully saturated rings. The van der Waals surface area contributed by atoms with Gasteiger partial charge in [0.1, 0.15) is 17.5 Å². The number of rotatable bonds is 6. The van der Waals surface area contributed by atoms with E-state index in [1.165, 1.54) is 42.6 Å². The lowest BCUT2D eigenvalue weighted by atomic mass is 10.1. The van der Waals surface area contributed by atoms with Gasteiger partial charge in [0.25, 0.3) is 0 Å². The number of carbonyl (C=O) groups excluding carboxylic acids is 2. The molecule has 0 spiro atoms. The highest BCUT2D eigenvalue weighted by atomic mass is 35.5. The van der Waals surface area contributed by atoms with E-state index in [1.54, 1.807) is 6.07 Å². The summed E-state index contributed by atoms with van der Waals surface area (Å²) in [5, 5.41) is 5.66. The maximum absolute atomic E-state index is 13.3. The Kier molecular flexibility index (Phi) is 6.97. The molecule has 3 rings (SSSR count). The predicted octanol–water partition coefficient (Wildman–Crippen LogP) is 5.03. The summed E-state index contributed by atoms with van der Waals surface area (Å²) in [6.07, 6.45) is 1.21. The van der Waals surface area contributed by atoms with Gasteiger partial charge >= 0.3 is 0 Å². The van der Waals surface area contributed by atoms with Crippen molar-refractivity contribution in [3.05, 3.63) is 87.5 Å². The first-order chi connectivity index (χ1) is 14.3. The maximum atomic E-state index is 13.3. The highest BCUT2D eigenvalue weighted by molar-refractivity contribution is 6.32. The van der Waals surface area contributed by atoms with Crippen molar-refractivity contribution in [3.8, 4) is 0 Å². The second kappa shape index (κ2) is 9.65. The fourth-order valence-electron chi connectivity index (χ4n) is 2.66. The van der Waals surface area contributed by atoms with Crippen LogP contribution in [0.2, 0.25) is 10.0 Å². The second-order valence-electron chi connectivity index (χ2n) is 6.35. The molecule has 0 aliphatic carbocycles.